The number of likely N-dealkylation sites (tertiary alicyclic amines) is 2. The molecular weight excluding hydrogens is 396 g/mol. The van der Waals surface area contributed by atoms with Crippen LogP contribution in [0.1, 0.15) is 76.3 Å². The lowest BCUT2D eigenvalue weighted by Crippen LogP contribution is -3.12. The van der Waals surface area contributed by atoms with Gasteiger partial charge in [-0.2, -0.15) is 0 Å². The molecule has 0 saturated carbocycles. The van der Waals surface area contributed by atoms with Gasteiger partial charge in [-0.3, -0.25) is 0 Å². The largest absolute Gasteiger partial charge is 0.492 e. The predicted octanol–water partition coefficient (Wildman–Crippen LogP) is 2.10. The second kappa shape index (κ2) is 14.1. The summed E-state index contributed by atoms with van der Waals surface area (Å²) in [7, 11) is 0. The summed E-state index contributed by atoms with van der Waals surface area (Å²) in [5, 5.41) is 0. The van der Waals surface area contributed by atoms with Crippen molar-refractivity contribution in [2.24, 2.45) is 0 Å². The van der Waals surface area contributed by atoms with Crippen LogP contribution in [0.2, 0.25) is 0 Å². The Hall–Kier alpha value is -2.14. The summed E-state index contributed by atoms with van der Waals surface area (Å²) >= 11 is 0. The fourth-order valence-corrected chi connectivity index (χ4v) is 4.41. The van der Waals surface area contributed by atoms with Gasteiger partial charge in [0.1, 0.15) is 24.6 Å². The van der Waals surface area contributed by atoms with Crippen LogP contribution in [0.4, 0.5) is 0 Å². The Morgan fingerprint density at radius 1 is 0.656 bits per heavy atom. The Kier molecular flexibility index (Phi) is 10.8. The topological polar surface area (TPSA) is 27.3 Å². The summed E-state index contributed by atoms with van der Waals surface area (Å²) in [5.74, 6) is 15.3. The smallest absolute Gasteiger partial charge is 0.139 e. The fraction of sp³-hybridized carbons (Fsp3) is 0.643. The number of nitrogens with one attached hydrogen (secondary N) is 2. The summed E-state index contributed by atoms with van der Waals surface area (Å²) in [5.41, 5.74) is 1.88. The van der Waals surface area contributed by atoms with E-state index in [-0.39, 0.29) is 0 Å². The highest BCUT2D eigenvalue weighted by Crippen LogP contribution is 2.29. The van der Waals surface area contributed by atoms with Gasteiger partial charge < -0.3 is 19.3 Å². The van der Waals surface area contributed by atoms with Gasteiger partial charge in [0.15, 0.2) is 0 Å². The minimum absolute atomic E-state index is 0.683. The van der Waals surface area contributed by atoms with Gasteiger partial charge in [-0.15, -0.1) is 0 Å². The van der Waals surface area contributed by atoms with Crippen LogP contribution in [0.5, 0.6) is 11.5 Å². The molecule has 0 unspecified atom stereocenters. The first-order chi connectivity index (χ1) is 15.8. The van der Waals surface area contributed by atoms with Gasteiger partial charge in [0.2, 0.25) is 0 Å². The maximum Gasteiger partial charge on any atom is 0.139 e. The van der Waals surface area contributed by atoms with Crippen LogP contribution < -0.4 is 19.3 Å². The monoisotopic (exact) mass is 438 g/mol. The maximum absolute atomic E-state index is 6.06. The van der Waals surface area contributed by atoms with E-state index in [1.807, 2.05) is 6.07 Å². The van der Waals surface area contributed by atoms with E-state index in [0.29, 0.717) is 13.2 Å². The van der Waals surface area contributed by atoms with E-state index in [1.165, 1.54) is 64.7 Å². The van der Waals surface area contributed by atoms with Crippen LogP contribution in [0.15, 0.2) is 12.1 Å². The zero-order valence-electron chi connectivity index (χ0n) is 20.3. The number of quaternary nitrogens is 2. The van der Waals surface area contributed by atoms with Crippen molar-refractivity contribution in [3.63, 3.8) is 0 Å². The number of rotatable bonds is 8. The Morgan fingerprint density at radius 3 is 1.50 bits per heavy atom. The van der Waals surface area contributed by atoms with Gasteiger partial charge in [-0.05, 0) is 69.3 Å². The zero-order valence-corrected chi connectivity index (χ0v) is 20.3. The molecule has 2 aliphatic rings. The normalized spacial score (nSPS) is 17.1. The summed E-state index contributed by atoms with van der Waals surface area (Å²) in [6.45, 7) is 12.4. The maximum atomic E-state index is 6.06. The number of piperidine rings is 2. The number of hydrogen-bond acceptors (Lipinski definition) is 2. The molecule has 2 saturated heterocycles. The van der Waals surface area contributed by atoms with Crippen LogP contribution in [0.25, 0.3) is 0 Å². The van der Waals surface area contributed by atoms with E-state index >= 15 is 0 Å². The fourth-order valence-electron chi connectivity index (χ4n) is 4.41. The molecule has 4 nitrogen and oxygen atoms in total. The molecule has 1 aromatic rings. The van der Waals surface area contributed by atoms with E-state index < -0.39 is 0 Å². The highest BCUT2D eigenvalue weighted by molar-refractivity contribution is 5.58. The molecule has 3 rings (SSSR count). The molecular formula is C28H42N2O2+2. The third kappa shape index (κ3) is 8.09. The quantitative estimate of drug-likeness (QED) is 0.609. The molecule has 2 aliphatic heterocycles. The van der Waals surface area contributed by atoms with E-state index in [4.69, 9.17) is 9.47 Å². The van der Waals surface area contributed by atoms with Crippen LogP contribution in [0, 0.1) is 23.7 Å². The minimum atomic E-state index is 0.683. The van der Waals surface area contributed by atoms with Crippen molar-refractivity contribution in [2.45, 2.75) is 65.2 Å². The number of ether oxygens (including phenoxy) is 2. The molecule has 174 valence electrons. The molecule has 0 spiro atoms. The predicted molar refractivity (Wildman–Crippen MR) is 131 cm³/mol. The highest BCUT2D eigenvalue weighted by Gasteiger charge is 2.14. The third-order valence-electron chi connectivity index (χ3n) is 6.25. The summed E-state index contributed by atoms with van der Waals surface area (Å²) in [6, 6.07) is 4.11. The molecule has 0 bridgehead atoms. The highest BCUT2D eigenvalue weighted by atomic mass is 16.5. The van der Waals surface area contributed by atoms with Crippen molar-refractivity contribution in [1.29, 1.82) is 0 Å². The molecule has 32 heavy (non-hydrogen) atoms. The lowest BCUT2D eigenvalue weighted by atomic mass is 10.1. The van der Waals surface area contributed by atoms with Crippen LogP contribution in [0.3, 0.4) is 0 Å². The summed E-state index contributed by atoms with van der Waals surface area (Å²) in [6.07, 6.45) is 9.97. The van der Waals surface area contributed by atoms with Crippen molar-refractivity contribution in [1.82, 2.24) is 0 Å². The van der Waals surface area contributed by atoms with Crippen LogP contribution >= 0.6 is 0 Å². The Bertz CT molecular complexity index is 750. The second-order valence-electron chi connectivity index (χ2n) is 9.12. The number of benzene rings is 1. The van der Waals surface area contributed by atoms with Gasteiger partial charge in [0.25, 0.3) is 0 Å². The van der Waals surface area contributed by atoms with Crippen molar-refractivity contribution < 1.29 is 19.3 Å². The van der Waals surface area contributed by atoms with E-state index in [9.17, 15) is 0 Å². The van der Waals surface area contributed by atoms with Gasteiger partial charge in [-0.1, -0.05) is 25.7 Å². The SMILES string of the molecule is CCCOc1cc(OCCC)c(C#CC[NH+]2CCCCC2)cc1C#CC[NH+]1CCCCC1. The average Bonchev–Trinajstić information content (AvgIpc) is 2.84. The Morgan fingerprint density at radius 2 is 1.09 bits per heavy atom. The average molecular weight is 439 g/mol. The first-order valence-electron chi connectivity index (χ1n) is 12.9. The summed E-state index contributed by atoms with van der Waals surface area (Å²) < 4.78 is 12.1. The van der Waals surface area contributed by atoms with Crippen molar-refractivity contribution >= 4 is 0 Å². The van der Waals surface area contributed by atoms with E-state index in [2.05, 4.69) is 43.6 Å². The molecule has 0 atom stereocenters. The lowest BCUT2D eigenvalue weighted by Gasteiger charge is -2.21. The van der Waals surface area contributed by atoms with E-state index in [1.54, 1.807) is 9.80 Å². The molecule has 2 N–H and O–H groups in total. The second-order valence-corrected chi connectivity index (χ2v) is 9.12. The minimum Gasteiger partial charge on any atom is -0.492 e. The first-order valence-corrected chi connectivity index (χ1v) is 12.9. The zero-order chi connectivity index (χ0) is 22.4. The molecule has 0 amide bonds. The summed E-state index contributed by atoms with van der Waals surface area (Å²) in [4.78, 5) is 3.21. The Balaban J connectivity index is 1.81. The first kappa shape index (κ1) is 24.5. The standard InChI is InChI=1S/C28H40N2O2/c1-3-21-31-27-24-28(32-22-4-2)26(14-12-20-30-17-9-6-10-18-30)23-25(27)13-11-19-29-15-7-5-8-16-29/h23-24H,3-10,15-22H2,1-2H3/p+2. The van der Waals surface area contributed by atoms with Gasteiger partial charge >= 0.3 is 0 Å². The van der Waals surface area contributed by atoms with Crippen molar-refractivity contribution in [3.8, 4) is 35.2 Å². The molecule has 0 aromatic heterocycles. The molecule has 2 heterocycles. The van der Waals surface area contributed by atoms with Gasteiger partial charge in [-0.25, -0.2) is 0 Å². The molecule has 0 radical (unpaired) electrons. The number of hydrogen-bond donors (Lipinski definition) is 2. The van der Waals surface area contributed by atoms with Gasteiger partial charge in [0, 0.05) is 6.07 Å². The lowest BCUT2D eigenvalue weighted by molar-refractivity contribution is -0.897. The van der Waals surface area contributed by atoms with Crippen LogP contribution in [-0.2, 0) is 0 Å². The van der Waals surface area contributed by atoms with Crippen molar-refractivity contribution in [3.05, 3.63) is 23.3 Å². The molecule has 0 aliphatic carbocycles. The Labute approximate surface area is 195 Å². The van der Waals surface area contributed by atoms with E-state index in [0.717, 1.165) is 48.6 Å². The van der Waals surface area contributed by atoms with Gasteiger partial charge in [0.05, 0.1) is 50.5 Å². The molecule has 2 fully saturated rings. The molecule has 1 aromatic carbocycles. The third-order valence-corrected chi connectivity index (χ3v) is 6.25. The molecule has 4 heteroatoms. The van der Waals surface area contributed by atoms with Crippen LogP contribution in [-0.4, -0.2) is 52.5 Å². The van der Waals surface area contributed by atoms with Crippen molar-refractivity contribution in [2.75, 3.05) is 52.5 Å².